The number of hydrogen-bond acceptors (Lipinski definition) is 2. The Bertz CT molecular complexity index is 121. The van der Waals surface area contributed by atoms with Gasteiger partial charge in [-0.1, -0.05) is 6.92 Å². The molecule has 2 heteroatoms. The molecule has 72 valence electrons. The van der Waals surface area contributed by atoms with Gasteiger partial charge in [0.15, 0.2) is 0 Å². The zero-order chi connectivity index (χ0) is 8.97. The third-order valence-corrected chi connectivity index (χ3v) is 2.78. The summed E-state index contributed by atoms with van der Waals surface area (Å²) >= 11 is 0. The summed E-state index contributed by atoms with van der Waals surface area (Å²) in [6, 6.07) is 1.33. The summed E-state index contributed by atoms with van der Waals surface area (Å²) in [5.74, 6) is 0. The minimum atomic E-state index is 0.428. The molecule has 0 heterocycles. The normalized spacial score (nSPS) is 20.0. The number of hydrogen-bond donors (Lipinski definition) is 1. The Hall–Kier alpha value is -0.0800. The van der Waals surface area contributed by atoms with Crippen molar-refractivity contribution in [1.82, 2.24) is 4.90 Å². The fourth-order valence-electron chi connectivity index (χ4n) is 1.50. The summed E-state index contributed by atoms with van der Waals surface area (Å²) in [6.07, 6.45) is 6.40. The number of nitrogens with zero attached hydrogens (tertiary/aromatic N) is 1. The zero-order valence-corrected chi connectivity index (χ0v) is 8.42. The largest absolute Gasteiger partial charge is 0.328 e. The van der Waals surface area contributed by atoms with E-state index in [1.165, 1.54) is 32.2 Å². The van der Waals surface area contributed by atoms with E-state index in [4.69, 9.17) is 5.73 Å². The molecule has 0 amide bonds. The average Bonchev–Trinajstić information content (AvgIpc) is 2.86. The molecule has 0 spiro atoms. The van der Waals surface area contributed by atoms with Crippen molar-refractivity contribution in [3.05, 3.63) is 0 Å². The number of rotatable bonds is 6. The molecule has 1 saturated carbocycles. The predicted molar refractivity (Wildman–Crippen MR) is 53.2 cm³/mol. The van der Waals surface area contributed by atoms with Crippen molar-refractivity contribution in [3.63, 3.8) is 0 Å². The second kappa shape index (κ2) is 4.83. The van der Waals surface area contributed by atoms with Crippen LogP contribution in [0.4, 0.5) is 0 Å². The second-order valence-electron chi connectivity index (χ2n) is 4.02. The summed E-state index contributed by atoms with van der Waals surface area (Å²) in [5, 5.41) is 0. The van der Waals surface area contributed by atoms with Crippen LogP contribution in [0.2, 0.25) is 0 Å². The Morgan fingerprint density at radius 2 is 2.17 bits per heavy atom. The highest BCUT2D eigenvalue weighted by atomic mass is 15.1. The van der Waals surface area contributed by atoms with E-state index in [2.05, 4.69) is 18.9 Å². The molecule has 1 unspecified atom stereocenters. The van der Waals surface area contributed by atoms with Gasteiger partial charge in [0.1, 0.15) is 0 Å². The molecule has 0 bridgehead atoms. The van der Waals surface area contributed by atoms with E-state index in [0.29, 0.717) is 6.04 Å². The van der Waals surface area contributed by atoms with Gasteiger partial charge in [-0.3, -0.25) is 0 Å². The van der Waals surface area contributed by atoms with E-state index in [-0.39, 0.29) is 0 Å². The van der Waals surface area contributed by atoms with Crippen LogP contribution in [0.1, 0.15) is 39.0 Å². The Morgan fingerprint density at radius 1 is 1.50 bits per heavy atom. The summed E-state index contributed by atoms with van der Waals surface area (Å²) in [4.78, 5) is 2.47. The van der Waals surface area contributed by atoms with Crippen LogP contribution in [-0.4, -0.2) is 30.6 Å². The molecule has 1 aliphatic carbocycles. The van der Waals surface area contributed by atoms with Gasteiger partial charge in [0.05, 0.1) is 0 Å². The summed E-state index contributed by atoms with van der Waals surface area (Å²) in [7, 11) is 2.23. The topological polar surface area (TPSA) is 29.3 Å². The van der Waals surface area contributed by atoms with Crippen molar-refractivity contribution in [2.45, 2.75) is 51.1 Å². The van der Waals surface area contributed by atoms with E-state index < -0.39 is 0 Å². The molecule has 0 aromatic rings. The maximum atomic E-state index is 5.83. The van der Waals surface area contributed by atoms with Gasteiger partial charge in [0.25, 0.3) is 0 Å². The highest BCUT2D eigenvalue weighted by Crippen LogP contribution is 2.25. The van der Waals surface area contributed by atoms with Crippen LogP contribution < -0.4 is 5.73 Å². The van der Waals surface area contributed by atoms with Gasteiger partial charge in [-0.2, -0.15) is 0 Å². The second-order valence-corrected chi connectivity index (χ2v) is 4.02. The molecular weight excluding hydrogens is 148 g/mol. The lowest BCUT2D eigenvalue weighted by atomic mass is 10.1. The first-order chi connectivity index (χ1) is 5.74. The van der Waals surface area contributed by atoms with Gasteiger partial charge in [-0.15, -0.1) is 0 Å². The summed E-state index contributed by atoms with van der Waals surface area (Å²) in [6.45, 7) is 3.40. The fourth-order valence-corrected chi connectivity index (χ4v) is 1.50. The molecule has 0 radical (unpaired) electrons. The molecule has 0 saturated heterocycles. The highest BCUT2D eigenvalue weighted by Gasteiger charge is 2.25. The van der Waals surface area contributed by atoms with Gasteiger partial charge in [0.2, 0.25) is 0 Å². The lowest BCUT2D eigenvalue weighted by molar-refractivity contribution is 0.311. The molecule has 0 aromatic heterocycles. The molecule has 1 atom stereocenters. The Kier molecular flexibility index (Phi) is 4.02. The van der Waals surface area contributed by atoms with Gasteiger partial charge >= 0.3 is 0 Å². The van der Waals surface area contributed by atoms with E-state index >= 15 is 0 Å². The minimum Gasteiger partial charge on any atom is -0.328 e. The SMILES string of the molecule is CCC(N)CCCN(C)C1CC1. The maximum absolute atomic E-state index is 5.83. The van der Waals surface area contributed by atoms with Crippen molar-refractivity contribution in [2.24, 2.45) is 5.73 Å². The van der Waals surface area contributed by atoms with Gasteiger partial charge in [-0.25, -0.2) is 0 Å². The van der Waals surface area contributed by atoms with Crippen molar-refractivity contribution in [2.75, 3.05) is 13.6 Å². The quantitative estimate of drug-likeness (QED) is 0.656. The van der Waals surface area contributed by atoms with E-state index in [9.17, 15) is 0 Å². The zero-order valence-electron chi connectivity index (χ0n) is 8.42. The smallest absolute Gasteiger partial charge is 0.00933 e. The number of nitrogens with two attached hydrogens (primary N) is 1. The molecular formula is C10H22N2. The molecule has 0 aromatic carbocycles. The van der Waals surface area contributed by atoms with Crippen molar-refractivity contribution >= 4 is 0 Å². The maximum Gasteiger partial charge on any atom is 0.00933 e. The van der Waals surface area contributed by atoms with Crippen LogP contribution in [0, 0.1) is 0 Å². The third kappa shape index (κ3) is 3.55. The summed E-state index contributed by atoms with van der Waals surface area (Å²) < 4.78 is 0. The first-order valence-electron chi connectivity index (χ1n) is 5.20. The molecule has 2 nitrogen and oxygen atoms in total. The van der Waals surface area contributed by atoms with Crippen LogP contribution in [0.3, 0.4) is 0 Å². The highest BCUT2D eigenvalue weighted by molar-refractivity contribution is 4.82. The van der Waals surface area contributed by atoms with Crippen molar-refractivity contribution < 1.29 is 0 Å². The van der Waals surface area contributed by atoms with Crippen LogP contribution in [0.15, 0.2) is 0 Å². The van der Waals surface area contributed by atoms with Crippen LogP contribution >= 0.6 is 0 Å². The van der Waals surface area contributed by atoms with E-state index in [1.54, 1.807) is 0 Å². The molecule has 12 heavy (non-hydrogen) atoms. The monoisotopic (exact) mass is 170 g/mol. The lowest BCUT2D eigenvalue weighted by Crippen LogP contribution is -2.25. The molecule has 1 aliphatic rings. The summed E-state index contributed by atoms with van der Waals surface area (Å²) in [5.41, 5.74) is 5.83. The Morgan fingerprint density at radius 3 is 2.67 bits per heavy atom. The first-order valence-corrected chi connectivity index (χ1v) is 5.20. The predicted octanol–water partition coefficient (Wildman–Crippen LogP) is 1.60. The molecule has 1 rings (SSSR count). The van der Waals surface area contributed by atoms with Crippen LogP contribution in [0.25, 0.3) is 0 Å². The molecule has 0 aliphatic heterocycles. The van der Waals surface area contributed by atoms with Crippen LogP contribution in [-0.2, 0) is 0 Å². The Balaban J connectivity index is 1.93. The van der Waals surface area contributed by atoms with Gasteiger partial charge < -0.3 is 10.6 Å². The standard InChI is InChI=1S/C10H22N2/c1-3-9(11)5-4-8-12(2)10-6-7-10/h9-10H,3-8,11H2,1-2H3. The lowest BCUT2D eigenvalue weighted by Gasteiger charge is -2.16. The average molecular weight is 170 g/mol. The molecule has 2 N–H and O–H groups in total. The fraction of sp³-hybridized carbons (Fsp3) is 1.00. The van der Waals surface area contributed by atoms with Gasteiger partial charge in [0, 0.05) is 12.1 Å². The van der Waals surface area contributed by atoms with Crippen molar-refractivity contribution in [3.8, 4) is 0 Å². The third-order valence-electron chi connectivity index (χ3n) is 2.78. The molecule has 1 fully saturated rings. The Labute approximate surface area is 76.1 Å². The van der Waals surface area contributed by atoms with Crippen molar-refractivity contribution in [1.29, 1.82) is 0 Å². The minimum absolute atomic E-state index is 0.428. The van der Waals surface area contributed by atoms with Crippen LogP contribution in [0.5, 0.6) is 0 Å². The van der Waals surface area contributed by atoms with E-state index in [0.717, 1.165) is 12.5 Å². The van der Waals surface area contributed by atoms with Gasteiger partial charge in [-0.05, 0) is 45.7 Å². The first kappa shape index (κ1) is 10.0. The van der Waals surface area contributed by atoms with E-state index in [1.807, 2.05) is 0 Å².